The number of halogens is 1. The lowest BCUT2D eigenvalue weighted by molar-refractivity contribution is 0.0357. The number of unbranched alkanes of at least 4 members (excludes halogenated alkanes) is 1. The summed E-state index contributed by atoms with van der Waals surface area (Å²) in [5.74, 6) is 0. The molecule has 0 amide bonds. The fourth-order valence-electron chi connectivity index (χ4n) is 1.75. The Morgan fingerprint density at radius 1 is 1.57 bits per heavy atom. The summed E-state index contributed by atoms with van der Waals surface area (Å²) < 4.78 is 6.31. The van der Waals surface area contributed by atoms with Crippen molar-refractivity contribution in [3.05, 3.63) is 21.6 Å². The van der Waals surface area contributed by atoms with E-state index in [1.807, 2.05) is 6.92 Å². The molecule has 21 heavy (non-hydrogen) atoms. The molecule has 0 spiro atoms. The maximum atomic E-state index is 12.0. The largest absolute Gasteiger partial charge is 0.388 e. The first-order chi connectivity index (χ1) is 9.91. The van der Waals surface area contributed by atoms with Crippen LogP contribution in [0.3, 0.4) is 0 Å². The number of aromatic nitrogens is 2. The van der Waals surface area contributed by atoms with Crippen LogP contribution in [-0.2, 0) is 11.3 Å². The Morgan fingerprint density at radius 3 is 2.90 bits per heavy atom. The Balaban J connectivity index is 2.72. The lowest BCUT2D eigenvalue weighted by Crippen LogP contribution is -2.35. The molecule has 1 heterocycles. The van der Waals surface area contributed by atoms with Gasteiger partial charge in [0, 0.05) is 33.2 Å². The van der Waals surface area contributed by atoms with Gasteiger partial charge in [-0.15, -0.1) is 0 Å². The molecule has 1 rings (SSSR count). The predicted molar refractivity (Wildman–Crippen MR) is 84.0 cm³/mol. The number of methoxy groups -OCH3 is 1. The number of aryl methyl sites for hydroxylation is 1. The smallest absolute Gasteiger partial charge is 0.287 e. The lowest BCUT2D eigenvalue weighted by atomic mass is 10.0. The number of anilines is 1. The van der Waals surface area contributed by atoms with Gasteiger partial charge < -0.3 is 15.2 Å². The minimum absolute atomic E-state index is 0.101. The van der Waals surface area contributed by atoms with Crippen LogP contribution >= 0.6 is 11.6 Å². The van der Waals surface area contributed by atoms with Crippen LogP contribution in [0.5, 0.6) is 0 Å². The van der Waals surface area contributed by atoms with Crippen molar-refractivity contribution >= 4 is 17.3 Å². The molecule has 7 heteroatoms. The van der Waals surface area contributed by atoms with Gasteiger partial charge in [0.15, 0.2) is 0 Å². The molecule has 0 aliphatic rings. The standard InChI is InChI=1S/C14H24ClN3O3/c1-4-5-7-18-13(19)12(15)11(9-17-18)16-10-14(2,20)6-8-21-3/h9,16,20H,4-8,10H2,1-3H3. The molecule has 0 saturated carbocycles. The minimum atomic E-state index is -0.948. The first-order valence-corrected chi connectivity index (χ1v) is 7.50. The van der Waals surface area contributed by atoms with E-state index in [1.54, 1.807) is 14.0 Å². The van der Waals surface area contributed by atoms with Crippen LogP contribution < -0.4 is 10.9 Å². The number of nitrogens with one attached hydrogen (secondary N) is 1. The molecular weight excluding hydrogens is 294 g/mol. The molecule has 0 fully saturated rings. The Morgan fingerprint density at radius 2 is 2.29 bits per heavy atom. The third-order valence-corrected chi connectivity index (χ3v) is 3.58. The third kappa shape index (κ3) is 5.65. The number of hydrogen-bond acceptors (Lipinski definition) is 5. The molecule has 1 unspecified atom stereocenters. The van der Waals surface area contributed by atoms with Crippen molar-refractivity contribution in [3.63, 3.8) is 0 Å². The zero-order valence-electron chi connectivity index (χ0n) is 12.9. The maximum absolute atomic E-state index is 12.0. The summed E-state index contributed by atoms with van der Waals surface area (Å²) in [5.41, 5.74) is -0.824. The zero-order chi connectivity index (χ0) is 15.9. The van der Waals surface area contributed by atoms with Crippen molar-refractivity contribution in [1.29, 1.82) is 0 Å². The summed E-state index contributed by atoms with van der Waals surface area (Å²) in [5, 5.41) is 17.3. The second-order valence-electron chi connectivity index (χ2n) is 5.35. The molecule has 2 N–H and O–H groups in total. The van der Waals surface area contributed by atoms with Gasteiger partial charge in [-0.3, -0.25) is 4.79 Å². The van der Waals surface area contributed by atoms with E-state index in [2.05, 4.69) is 10.4 Å². The van der Waals surface area contributed by atoms with E-state index in [-0.39, 0.29) is 17.1 Å². The van der Waals surface area contributed by atoms with Crippen LogP contribution in [0.25, 0.3) is 0 Å². The first-order valence-electron chi connectivity index (χ1n) is 7.12. The molecular formula is C14H24ClN3O3. The average molecular weight is 318 g/mol. The highest BCUT2D eigenvalue weighted by atomic mass is 35.5. The van der Waals surface area contributed by atoms with Crippen LogP contribution in [0, 0.1) is 0 Å². The van der Waals surface area contributed by atoms with Gasteiger partial charge in [-0.1, -0.05) is 24.9 Å². The minimum Gasteiger partial charge on any atom is -0.388 e. The quantitative estimate of drug-likeness (QED) is 0.727. The molecule has 120 valence electrons. The van der Waals surface area contributed by atoms with Crippen LogP contribution in [0.1, 0.15) is 33.1 Å². The van der Waals surface area contributed by atoms with Crippen molar-refractivity contribution in [2.24, 2.45) is 0 Å². The summed E-state index contributed by atoms with van der Waals surface area (Å²) >= 11 is 6.07. The molecule has 0 aromatic carbocycles. The van der Waals surface area contributed by atoms with Gasteiger partial charge in [0.1, 0.15) is 5.02 Å². The van der Waals surface area contributed by atoms with Crippen LogP contribution in [0.15, 0.2) is 11.0 Å². The predicted octanol–water partition coefficient (Wildman–Crippen LogP) is 1.90. The van der Waals surface area contributed by atoms with Crippen LogP contribution in [0.4, 0.5) is 5.69 Å². The van der Waals surface area contributed by atoms with Gasteiger partial charge in [0.05, 0.1) is 17.5 Å². The summed E-state index contributed by atoms with van der Waals surface area (Å²) in [6.45, 7) is 5.02. The molecule has 0 saturated heterocycles. The Kier molecular flexibility index (Phi) is 7.14. The summed E-state index contributed by atoms with van der Waals surface area (Å²) in [4.78, 5) is 12.0. The maximum Gasteiger partial charge on any atom is 0.287 e. The highest BCUT2D eigenvalue weighted by Gasteiger charge is 2.20. The van der Waals surface area contributed by atoms with E-state index in [0.29, 0.717) is 25.3 Å². The third-order valence-electron chi connectivity index (χ3n) is 3.21. The van der Waals surface area contributed by atoms with Crippen molar-refractivity contribution in [1.82, 2.24) is 9.78 Å². The number of hydrogen-bond donors (Lipinski definition) is 2. The fraction of sp³-hybridized carbons (Fsp3) is 0.714. The van der Waals surface area contributed by atoms with E-state index < -0.39 is 5.60 Å². The van der Waals surface area contributed by atoms with Gasteiger partial charge in [-0.05, 0) is 13.3 Å². The normalized spacial score (nSPS) is 14.0. The van der Waals surface area contributed by atoms with Crippen LogP contribution in [0.2, 0.25) is 5.02 Å². The molecule has 0 bridgehead atoms. The SMILES string of the molecule is CCCCn1ncc(NCC(C)(O)CCOC)c(Cl)c1=O. The van der Waals surface area contributed by atoms with Crippen molar-refractivity contribution in [3.8, 4) is 0 Å². The highest BCUT2D eigenvalue weighted by Crippen LogP contribution is 2.18. The summed E-state index contributed by atoms with van der Waals surface area (Å²) in [7, 11) is 1.58. The second kappa shape index (κ2) is 8.36. The highest BCUT2D eigenvalue weighted by molar-refractivity contribution is 6.32. The number of aliphatic hydroxyl groups is 1. The lowest BCUT2D eigenvalue weighted by Gasteiger charge is -2.24. The van der Waals surface area contributed by atoms with Crippen molar-refractivity contribution in [2.45, 2.75) is 45.3 Å². The average Bonchev–Trinajstić information content (AvgIpc) is 2.46. The van der Waals surface area contributed by atoms with E-state index in [4.69, 9.17) is 16.3 Å². The summed E-state index contributed by atoms with van der Waals surface area (Å²) in [6, 6.07) is 0. The Hall–Kier alpha value is -1.11. The van der Waals surface area contributed by atoms with Crippen LogP contribution in [-0.4, -0.2) is 40.7 Å². The number of ether oxygens (including phenoxy) is 1. The molecule has 1 aromatic heterocycles. The van der Waals surface area contributed by atoms with Gasteiger partial charge in [-0.25, -0.2) is 4.68 Å². The summed E-state index contributed by atoms with van der Waals surface area (Å²) in [6.07, 6.45) is 3.86. The zero-order valence-corrected chi connectivity index (χ0v) is 13.6. The second-order valence-corrected chi connectivity index (χ2v) is 5.73. The molecule has 0 aliphatic carbocycles. The first kappa shape index (κ1) is 17.9. The number of rotatable bonds is 9. The Bertz CT molecular complexity index is 503. The molecule has 0 radical (unpaired) electrons. The van der Waals surface area contributed by atoms with Gasteiger partial charge in [0.2, 0.25) is 0 Å². The van der Waals surface area contributed by atoms with Gasteiger partial charge in [-0.2, -0.15) is 5.10 Å². The van der Waals surface area contributed by atoms with Gasteiger partial charge >= 0.3 is 0 Å². The van der Waals surface area contributed by atoms with Crippen molar-refractivity contribution in [2.75, 3.05) is 25.6 Å². The van der Waals surface area contributed by atoms with E-state index in [9.17, 15) is 9.90 Å². The van der Waals surface area contributed by atoms with E-state index >= 15 is 0 Å². The van der Waals surface area contributed by atoms with Crippen molar-refractivity contribution < 1.29 is 9.84 Å². The van der Waals surface area contributed by atoms with Gasteiger partial charge in [0.25, 0.3) is 5.56 Å². The molecule has 6 nitrogen and oxygen atoms in total. The monoisotopic (exact) mass is 317 g/mol. The molecule has 1 atom stereocenters. The molecule has 0 aliphatic heterocycles. The Labute approximate surface area is 130 Å². The molecule has 1 aromatic rings. The number of nitrogens with zero attached hydrogens (tertiary/aromatic N) is 2. The van der Waals surface area contributed by atoms with E-state index in [0.717, 1.165) is 12.8 Å². The topological polar surface area (TPSA) is 76.4 Å². The fourth-order valence-corrected chi connectivity index (χ4v) is 1.96. The van der Waals surface area contributed by atoms with E-state index in [1.165, 1.54) is 10.9 Å².